The van der Waals surface area contributed by atoms with Gasteiger partial charge < -0.3 is 4.90 Å². The predicted molar refractivity (Wildman–Crippen MR) is 87.3 cm³/mol. The van der Waals surface area contributed by atoms with Crippen LogP contribution in [0.5, 0.6) is 0 Å². The van der Waals surface area contributed by atoms with Crippen LogP contribution < -0.4 is 0 Å². The maximum Gasteiger partial charge on any atom is 0.236 e. The molecule has 1 aliphatic rings. The molecule has 116 valence electrons. The summed E-state index contributed by atoms with van der Waals surface area (Å²) < 4.78 is 26.3. The quantitative estimate of drug-likeness (QED) is 0.838. The van der Waals surface area contributed by atoms with Crippen LogP contribution in [0, 0.1) is 0 Å². The highest BCUT2D eigenvalue weighted by Gasteiger charge is 2.27. The van der Waals surface area contributed by atoms with Crippen LogP contribution in [0.3, 0.4) is 0 Å². The summed E-state index contributed by atoms with van der Waals surface area (Å²) in [5.41, 5.74) is 0.898. The van der Waals surface area contributed by atoms with Gasteiger partial charge in [-0.3, -0.25) is 0 Å². The molecule has 5 heteroatoms. The lowest BCUT2D eigenvalue weighted by molar-refractivity contribution is 0.177. The van der Waals surface area contributed by atoms with E-state index in [1.54, 1.807) is 13.1 Å². The van der Waals surface area contributed by atoms with Crippen molar-refractivity contribution >= 4 is 16.1 Å². The Bertz CT molecular complexity index is 561. The first-order valence-corrected chi connectivity index (χ1v) is 8.97. The van der Waals surface area contributed by atoms with Crippen molar-refractivity contribution in [1.29, 1.82) is 0 Å². The van der Waals surface area contributed by atoms with Crippen molar-refractivity contribution in [2.45, 2.75) is 25.8 Å². The zero-order valence-corrected chi connectivity index (χ0v) is 13.6. The Labute approximate surface area is 128 Å². The highest BCUT2D eigenvalue weighted by Crippen LogP contribution is 2.19. The van der Waals surface area contributed by atoms with Gasteiger partial charge in [0.1, 0.15) is 0 Å². The van der Waals surface area contributed by atoms with Gasteiger partial charge >= 0.3 is 0 Å². The third kappa shape index (κ3) is 4.40. The Kier molecular flexibility index (Phi) is 5.56. The van der Waals surface area contributed by atoms with Crippen LogP contribution in [0.15, 0.2) is 35.7 Å². The minimum Gasteiger partial charge on any atom is -0.303 e. The average Bonchev–Trinajstić information content (AvgIpc) is 2.53. The number of hydrogen-bond acceptors (Lipinski definition) is 3. The molecule has 0 aliphatic carbocycles. The lowest BCUT2D eigenvalue weighted by atomic mass is 10.1. The van der Waals surface area contributed by atoms with Crippen LogP contribution in [-0.2, 0) is 10.0 Å². The van der Waals surface area contributed by atoms with Crippen molar-refractivity contribution in [2.75, 3.05) is 26.7 Å². The molecule has 0 amide bonds. The summed E-state index contributed by atoms with van der Waals surface area (Å²) in [7, 11) is -1.66. The average molecular weight is 308 g/mol. The zero-order valence-electron chi connectivity index (χ0n) is 12.8. The minimum atomic E-state index is -3.35. The van der Waals surface area contributed by atoms with Crippen molar-refractivity contribution in [3.63, 3.8) is 0 Å². The van der Waals surface area contributed by atoms with Gasteiger partial charge in [-0.2, -0.15) is 4.31 Å². The Morgan fingerprint density at radius 1 is 1.24 bits per heavy atom. The van der Waals surface area contributed by atoms with Gasteiger partial charge in [-0.15, -0.1) is 0 Å². The topological polar surface area (TPSA) is 40.6 Å². The first-order chi connectivity index (χ1) is 10.0. The highest BCUT2D eigenvalue weighted by atomic mass is 32.2. The van der Waals surface area contributed by atoms with Crippen molar-refractivity contribution in [3.8, 4) is 0 Å². The van der Waals surface area contributed by atoms with Crippen LogP contribution in [0.25, 0.3) is 6.08 Å². The van der Waals surface area contributed by atoms with Gasteiger partial charge in [-0.1, -0.05) is 37.3 Å². The van der Waals surface area contributed by atoms with Crippen LogP contribution in [0.2, 0.25) is 0 Å². The molecule has 0 bridgehead atoms. The largest absolute Gasteiger partial charge is 0.303 e. The van der Waals surface area contributed by atoms with Gasteiger partial charge in [0.05, 0.1) is 0 Å². The Balaban J connectivity index is 2.01. The van der Waals surface area contributed by atoms with Crippen molar-refractivity contribution in [1.82, 2.24) is 9.21 Å². The molecule has 0 aromatic heterocycles. The number of piperidine rings is 1. The molecule has 1 saturated heterocycles. The summed E-state index contributed by atoms with van der Waals surface area (Å²) >= 11 is 0. The fourth-order valence-corrected chi connectivity index (χ4v) is 3.78. The molecule has 0 N–H and O–H groups in total. The molecule has 0 spiro atoms. The predicted octanol–water partition coefficient (Wildman–Crippen LogP) is 2.40. The second-order valence-corrected chi connectivity index (χ2v) is 7.32. The monoisotopic (exact) mass is 308 g/mol. The molecule has 0 saturated carbocycles. The first-order valence-electron chi connectivity index (χ1n) is 7.46. The van der Waals surface area contributed by atoms with Crippen molar-refractivity contribution in [2.24, 2.45) is 0 Å². The normalized spacial score (nSPS) is 18.6. The first kappa shape index (κ1) is 16.2. The second kappa shape index (κ2) is 7.20. The third-order valence-electron chi connectivity index (χ3n) is 4.15. The molecule has 0 radical (unpaired) electrons. The molecule has 1 aromatic rings. The van der Waals surface area contributed by atoms with Gasteiger partial charge in [-0.05, 0) is 44.1 Å². The maximum absolute atomic E-state index is 12.4. The van der Waals surface area contributed by atoms with Gasteiger partial charge in [0.2, 0.25) is 10.0 Å². The lowest BCUT2D eigenvalue weighted by Gasteiger charge is -2.35. The van der Waals surface area contributed by atoms with Crippen LogP contribution >= 0.6 is 0 Å². The SMILES string of the molecule is CCN1CCC(N(C)S(=O)(=O)/C=C/c2ccccc2)CC1. The van der Waals surface area contributed by atoms with Crippen LogP contribution in [0.4, 0.5) is 0 Å². The Morgan fingerprint density at radius 2 is 1.86 bits per heavy atom. The molecule has 4 nitrogen and oxygen atoms in total. The van der Waals surface area contributed by atoms with Crippen LogP contribution in [0.1, 0.15) is 25.3 Å². The number of hydrogen-bond donors (Lipinski definition) is 0. The van der Waals surface area contributed by atoms with E-state index in [1.165, 1.54) is 9.71 Å². The summed E-state index contributed by atoms with van der Waals surface area (Å²) in [5.74, 6) is 0. The van der Waals surface area contributed by atoms with E-state index in [2.05, 4.69) is 11.8 Å². The standard InChI is InChI=1S/C16H24N2O2S/c1-3-18-12-9-16(10-13-18)17(2)21(19,20)14-11-15-7-5-4-6-8-15/h4-8,11,14,16H,3,9-10,12-13H2,1-2H3/b14-11+. The van der Waals surface area contributed by atoms with E-state index in [9.17, 15) is 8.42 Å². The molecule has 21 heavy (non-hydrogen) atoms. The van der Waals surface area contributed by atoms with Crippen molar-refractivity contribution < 1.29 is 8.42 Å². The Morgan fingerprint density at radius 3 is 2.43 bits per heavy atom. The number of sulfonamides is 1. The van der Waals surface area contributed by atoms with Crippen molar-refractivity contribution in [3.05, 3.63) is 41.3 Å². The number of rotatable bonds is 5. The summed E-state index contributed by atoms with van der Waals surface area (Å²) in [6, 6.07) is 9.61. The number of nitrogens with zero attached hydrogens (tertiary/aromatic N) is 2. The Hall–Kier alpha value is -1.17. The highest BCUT2D eigenvalue weighted by molar-refractivity contribution is 7.92. The zero-order chi connectivity index (χ0) is 15.3. The fraction of sp³-hybridized carbons (Fsp3) is 0.500. The molecular formula is C16H24N2O2S. The van der Waals surface area contributed by atoms with E-state index in [0.717, 1.165) is 38.0 Å². The van der Waals surface area contributed by atoms with E-state index < -0.39 is 10.0 Å². The summed E-state index contributed by atoms with van der Waals surface area (Å²) in [5, 5.41) is 1.31. The summed E-state index contributed by atoms with van der Waals surface area (Å²) in [6.07, 6.45) is 3.47. The molecular weight excluding hydrogens is 284 g/mol. The van der Waals surface area contributed by atoms with E-state index in [-0.39, 0.29) is 6.04 Å². The summed E-state index contributed by atoms with van der Waals surface area (Å²) in [6.45, 7) is 5.13. The number of likely N-dealkylation sites (tertiary alicyclic amines) is 1. The van der Waals surface area contributed by atoms with Gasteiger partial charge in [0.15, 0.2) is 0 Å². The number of benzene rings is 1. The fourth-order valence-electron chi connectivity index (χ4n) is 2.63. The lowest BCUT2D eigenvalue weighted by Crippen LogP contribution is -2.44. The van der Waals surface area contributed by atoms with E-state index in [4.69, 9.17) is 0 Å². The van der Waals surface area contributed by atoms with Crippen LogP contribution in [-0.4, -0.2) is 50.3 Å². The second-order valence-electron chi connectivity index (χ2n) is 5.44. The summed E-state index contributed by atoms with van der Waals surface area (Å²) in [4.78, 5) is 2.36. The smallest absolute Gasteiger partial charge is 0.236 e. The molecule has 1 fully saturated rings. The van der Waals surface area contributed by atoms with Gasteiger partial charge in [0, 0.05) is 18.5 Å². The molecule has 1 heterocycles. The third-order valence-corrected chi connectivity index (χ3v) is 5.73. The minimum absolute atomic E-state index is 0.109. The molecule has 2 rings (SSSR count). The maximum atomic E-state index is 12.4. The van der Waals surface area contributed by atoms with Gasteiger partial charge in [-0.25, -0.2) is 8.42 Å². The van der Waals surface area contributed by atoms with E-state index in [1.807, 2.05) is 30.3 Å². The molecule has 0 unspecified atom stereocenters. The molecule has 0 atom stereocenters. The van der Waals surface area contributed by atoms with E-state index >= 15 is 0 Å². The van der Waals surface area contributed by atoms with Gasteiger partial charge in [0.25, 0.3) is 0 Å². The van der Waals surface area contributed by atoms with E-state index in [0.29, 0.717) is 0 Å². The molecule has 1 aliphatic heterocycles. The molecule has 1 aromatic carbocycles.